The second-order valence-electron chi connectivity index (χ2n) is 6.67. The van der Waals surface area contributed by atoms with Crippen molar-refractivity contribution in [2.75, 3.05) is 42.9 Å². The van der Waals surface area contributed by atoms with Crippen LogP contribution in [0, 0.1) is 10.1 Å². The van der Waals surface area contributed by atoms with Crippen LogP contribution >= 0.6 is 0 Å². The number of hydrogen-bond acceptors (Lipinski definition) is 5. The number of rotatable bonds is 5. The van der Waals surface area contributed by atoms with Gasteiger partial charge in [-0.1, -0.05) is 12.1 Å². The van der Waals surface area contributed by atoms with Crippen molar-refractivity contribution in [3.05, 3.63) is 64.2 Å². The minimum Gasteiger partial charge on any atom is -0.369 e. The zero-order valence-corrected chi connectivity index (χ0v) is 15.4. The first-order valence-electron chi connectivity index (χ1n) is 8.91. The Labute approximate surface area is 164 Å². The number of carbonyl (C=O) groups excluding carboxylic acids is 1. The van der Waals surface area contributed by atoms with Gasteiger partial charge in [-0.25, -0.2) is 0 Å². The van der Waals surface area contributed by atoms with Gasteiger partial charge >= 0.3 is 6.18 Å². The van der Waals surface area contributed by atoms with E-state index in [2.05, 4.69) is 5.32 Å². The fourth-order valence-electron chi connectivity index (χ4n) is 3.14. The van der Waals surface area contributed by atoms with Crippen LogP contribution in [0.3, 0.4) is 0 Å². The fraction of sp³-hybridized carbons (Fsp3) is 0.316. The Morgan fingerprint density at radius 3 is 2.41 bits per heavy atom. The molecular weight excluding hydrogens is 389 g/mol. The van der Waals surface area contributed by atoms with Crippen molar-refractivity contribution in [3.8, 4) is 0 Å². The number of non-ortho nitro benzene ring substituents is 1. The van der Waals surface area contributed by atoms with Crippen molar-refractivity contribution in [2.24, 2.45) is 0 Å². The minimum absolute atomic E-state index is 0.0964. The maximum atomic E-state index is 12.9. The molecule has 29 heavy (non-hydrogen) atoms. The van der Waals surface area contributed by atoms with Crippen molar-refractivity contribution >= 4 is 23.0 Å². The molecule has 10 heteroatoms. The van der Waals surface area contributed by atoms with E-state index in [1.54, 1.807) is 12.1 Å². The molecule has 7 nitrogen and oxygen atoms in total. The highest BCUT2D eigenvalue weighted by atomic mass is 19.4. The van der Waals surface area contributed by atoms with Crippen LogP contribution in [0.15, 0.2) is 48.5 Å². The highest BCUT2D eigenvalue weighted by Crippen LogP contribution is 2.31. The molecule has 2 aromatic carbocycles. The lowest BCUT2D eigenvalue weighted by molar-refractivity contribution is -0.384. The van der Waals surface area contributed by atoms with E-state index >= 15 is 0 Å². The van der Waals surface area contributed by atoms with E-state index in [0.717, 1.165) is 12.1 Å². The van der Waals surface area contributed by atoms with Crippen LogP contribution in [-0.4, -0.2) is 48.5 Å². The number of amides is 1. The molecule has 0 unspecified atom stereocenters. The van der Waals surface area contributed by atoms with Gasteiger partial charge in [-0.3, -0.25) is 19.8 Å². The first-order valence-corrected chi connectivity index (χ1v) is 8.91. The van der Waals surface area contributed by atoms with E-state index < -0.39 is 16.7 Å². The summed E-state index contributed by atoms with van der Waals surface area (Å²) < 4.78 is 38.6. The molecule has 0 aromatic heterocycles. The van der Waals surface area contributed by atoms with Crippen LogP contribution in [0.25, 0.3) is 0 Å². The Balaban J connectivity index is 1.53. The van der Waals surface area contributed by atoms with Crippen molar-refractivity contribution in [3.63, 3.8) is 0 Å². The van der Waals surface area contributed by atoms with Crippen molar-refractivity contribution in [2.45, 2.75) is 6.18 Å². The molecule has 1 N–H and O–H groups in total. The minimum atomic E-state index is -4.39. The second-order valence-corrected chi connectivity index (χ2v) is 6.67. The number of nitro benzene ring substituents is 1. The van der Waals surface area contributed by atoms with E-state index in [1.165, 1.54) is 24.3 Å². The lowest BCUT2D eigenvalue weighted by Gasteiger charge is -2.36. The molecule has 3 rings (SSSR count). The summed E-state index contributed by atoms with van der Waals surface area (Å²) in [5, 5.41) is 13.4. The van der Waals surface area contributed by atoms with Crippen LogP contribution < -0.4 is 10.2 Å². The summed E-state index contributed by atoms with van der Waals surface area (Å²) in [5.41, 5.74) is 0.0404. The van der Waals surface area contributed by atoms with Gasteiger partial charge in [0.15, 0.2) is 0 Å². The van der Waals surface area contributed by atoms with Gasteiger partial charge in [0, 0.05) is 49.7 Å². The molecule has 1 saturated heterocycles. The smallest absolute Gasteiger partial charge is 0.369 e. The standard InChI is InChI=1S/C19H19F3N4O3/c20-19(21,22)14-3-1-5-16(11-14)25-9-7-24(8-10-25)13-18(27)23-15-4-2-6-17(12-15)26(28)29/h1-6,11-12H,7-10,13H2,(H,23,27). The molecule has 1 aliphatic heterocycles. The monoisotopic (exact) mass is 408 g/mol. The summed E-state index contributed by atoms with van der Waals surface area (Å²) in [6, 6.07) is 10.9. The van der Waals surface area contributed by atoms with E-state index in [-0.39, 0.29) is 18.1 Å². The quantitative estimate of drug-likeness (QED) is 0.606. The summed E-state index contributed by atoms with van der Waals surface area (Å²) >= 11 is 0. The average Bonchev–Trinajstić information content (AvgIpc) is 2.68. The molecule has 1 aliphatic rings. The average molecular weight is 408 g/mol. The summed E-state index contributed by atoms with van der Waals surface area (Å²) in [5.74, 6) is -0.307. The second kappa shape index (κ2) is 8.48. The molecule has 0 spiro atoms. The zero-order valence-electron chi connectivity index (χ0n) is 15.4. The van der Waals surface area contributed by atoms with Crippen LogP contribution in [0.5, 0.6) is 0 Å². The maximum absolute atomic E-state index is 12.9. The molecule has 1 amide bonds. The summed E-state index contributed by atoms with van der Waals surface area (Å²) in [4.78, 5) is 26.2. The van der Waals surface area contributed by atoms with Gasteiger partial charge in [-0.05, 0) is 24.3 Å². The summed E-state index contributed by atoms with van der Waals surface area (Å²) in [7, 11) is 0. The number of carbonyl (C=O) groups is 1. The Hall–Kier alpha value is -3.14. The molecular formula is C19H19F3N4O3. The molecule has 0 aliphatic carbocycles. The van der Waals surface area contributed by atoms with E-state index in [4.69, 9.17) is 0 Å². The van der Waals surface area contributed by atoms with E-state index in [0.29, 0.717) is 37.6 Å². The van der Waals surface area contributed by atoms with Gasteiger partial charge in [-0.15, -0.1) is 0 Å². The molecule has 0 radical (unpaired) electrons. The van der Waals surface area contributed by atoms with Gasteiger partial charge in [0.05, 0.1) is 17.0 Å². The van der Waals surface area contributed by atoms with Gasteiger partial charge in [0.1, 0.15) is 0 Å². The van der Waals surface area contributed by atoms with E-state index in [9.17, 15) is 28.1 Å². The third-order valence-corrected chi connectivity index (χ3v) is 4.62. The Kier molecular flexibility index (Phi) is 6.02. The maximum Gasteiger partial charge on any atom is 0.416 e. The SMILES string of the molecule is O=C(CN1CCN(c2cccc(C(F)(F)F)c2)CC1)Nc1cccc([N+](=O)[O-])c1. The predicted molar refractivity (Wildman–Crippen MR) is 102 cm³/mol. The molecule has 0 atom stereocenters. The Morgan fingerprint density at radius 1 is 1.07 bits per heavy atom. The number of halogens is 3. The Morgan fingerprint density at radius 2 is 1.76 bits per heavy atom. The molecule has 1 fully saturated rings. The third kappa shape index (κ3) is 5.44. The molecule has 154 valence electrons. The number of piperazine rings is 1. The number of benzene rings is 2. The summed E-state index contributed by atoms with van der Waals surface area (Å²) in [6.45, 7) is 2.10. The number of hydrogen-bond donors (Lipinski definition) is 1. The summed E-state index contributed by atoms with van der Waals surface area (Å²) in [6.07, 6.45) is -4.39. The number of nitrogens with zero attached hydrogens (tertiary/aromatic N) is 3. The van der Waals surface area contributed by atoms with Crippen LogP contribution in [0.1, 0.15) is 5.56 Å². The van der Waals surface area contributed by atoms with Gasteiger partial charge in [0.2, 0.25) is 5.91 Å². The van der Waals surface area contributed by atoms with Crippen LogP contribution in [0.4, 0.5) is 30.2 Å². The first kappa shape index (κ1) is 20.6. The van der Waals surface area contributed by atoms with Crippen molar-refractivity contribution in [1.29, 1.82) is 0 Å². The van der Waals surface area contributed by atoms with Crippen molar-refractivity contribution < 1.29 is 22.9 Å². The fourth-order valence-corrected chi connectivity index (χ4v) is 3.14. The largest absolute Gasteiger partial charge is 0.416 e. The van der Waals surface area contributed by atoms with Crippen LogP contribution in [0.2, 0.25) is 0 Å². The third-order valence-electron chi connectivity index (χ3n) is 4.62. The molecule has 2 aromatic rings. The topological polar surface area (TPSA) is 78.7 Å². The number of anilines is 2. The molecule has 0 saturated carbocycles. The Bertz CT molecular complexity index is 896. The predicted octanol–water partition coefficient (Wildman–Crippen LogP) is 3.37. The molecule has 0 bridgehead atoms. The molecule has 1 heterocycles. The van der Waals surface area contributed by atoms with Gasteiger partial charge in [0.25, 0.3) is 5.69 Å². The number of nitro groups is 1. The highest BCUT2D eigenvalue weighted by Gasteiger charge is 2.31. The zero-order chi connectivity index (χ0) is 21.0. The van der Waals surface area contributed by atoms with Crippen LogP contribution in [-0.2, 0) is 11.0 Å². The van der Waals surface area contributed by atoms with Gasteiger partial charge in [-0.2, -0.15) is 13.2 Å². The van der Waals surface area contributed by atoms with Gasteiger partial charge < -0.3 is 10.2 Å². The van der Waals surface area contributed by atoms with Crippen molar-refractivity contribution in [1.82, 2.24) is 4.90 Å². The lowest BCUT2D eigenvalue weighted by Crippen LogP contribution is -2.48. The highest BCUT2D eigenvalue weighted by molar-refractivity contribution is 5.92. The normalized spacial score (nSPS) is 15.2. The lowest BCUT2D eigenvalue weighted by atomic mass is 10.1. The number of alkyl halides is 3. The van der Waals surface area contributed by atoms with E-state index in [1.807, 2.05) is 9.80 Å². The number of nitrogens with one attached hydrogen (secondary N) is 1. The first-order chi connectivity index (χ1) is 13.7.